The molecule has 3 aromatic rings. The van der Waals surface area contributed by atoms with E-state index in [0.717, 1.165) is 19.3 Å². The van der Waals surface area contributed by atoms with Crippen LogP contribution in [0.4, 0.5) is 10.1 Å². The summed E-state index contributed by atoms with van der Waals surface area (Å²) in [7, 11) is -3.49. The summed E-state index contributed by atoms with van der Waals surface area (Å²) >= 11 is 0. The number of sulfonamides is 1. The molecule has 1 amide bonds. The number of hydrogen-bond donors (Lipinski definition) is 1. The molecule has 2 saturated heterocycles. The third-order valence-electron chi connectivity index (χ3n) is 6.96. The molecule has 2 aliphatic heterocycles. The third-order valence-corrected chi connectivity index (χ3v) is 8.88. The van der Waals surface area contributed by atoms with Crippen LogP contribution in [-0.4, -0.2) is 59.8 Å². The number of nitrogens with one attached hydrogen (secondary N) is 1. The van der Waals surface area contributed by atoms with E-state index in [1.54, 1.807) is 36.4 Å². The van der Waals surface area contributed by atoms with Crippen LogP contribution in [0.3, 0.4) is 0 Å². The first kappa shape index (κ1) is 25.5. The van der Waals surface area contributed by atoms with Gasteiger partial charge in [-0.1, -0.05) is 11.6 Å². The molecule has 2 fully saturated rings. The molecule has 1 N–H and O–H groups in total. The second kappa shape index (κ2) is 11.1. The zero-order chi connectivity index (χ0) is 25.8. The maximum atomic E-state index is 13.1. The summed E-state index contributed by atoms with van der Waals surface area (Å²) in [6.07, 6.45) is 4.21. The minimum Gasteiger partial charge on any atom is -0.338 e. The number of amides is 1. The number of anilines is 1. The average molecular weight is 528 g/mol. The van der Waals surface area contributed by atoms with Crippen LogP contribution in [-0.2, 0) is 21.4 Å². The highest BCUT2D eigenvalue weighted by Crippen LogP contribution is 2.24. The van der Waals surface area contributed by atoms with E-state index < -0.39 is 10.0 Å². The van der Waals surface area contributed by atoms with Crippen LogP contribution in [0.25, 0.3) is 11.4 Å². The standard InChI is InChI=1S/C26H30FN5O4S/c27-21-6-4-19(5-7-21)25-29-24(36-30-25)18-31-16-12-20(13-17-31)26(33)28-22-8-10-23(11-9-22)37(34,35)32-14-2-1-3-15-32/h4-11,20H,1-3,12-18H2,(H,28,33). The Morgan fingerprint density at radius 2 is 1.65 bits per heavy atom. The Morgan fingerprint density at radius 3 is 2.32 bits per heavy atom. The second-order valence-electron chi connectivity index (χ2n) is 9.55. The highest BCUT2D eigenvalue weighted by atomic mass is 32.2. The van der Waals surface area contributed by atoms with Crippen molar-refractivity contribution in [2.45, 2.75) is 43.5 Å². The van der Waals surface area contributed by atoms with Gasteiger partial charge in [0.15, 0.2) is 0 Å². The maximum Gasteiger partial charge on any atom is 0.243 e. The largest absolute Gasteiger partial charge is 0.338 e. The number of nitrogens with zero attached hydrogens (tertiary/aromatic N) is 4. The van der Waals surface area contributed by atoms with Crippen molar-refractivity contribution in [1.82, 2.24) is 19.3 Å². The maximum absolute atomic E-state index is 13.1. The van der Waals surface area contributed by atoms with Crippen molar-refractivity contribution < 1.29 is 22.1 Å². The number of halogens is 1. The van der Waals surface area contributed by atoms with Crippen molar-refractivity contribution in [3.8, 4) is 11.4 Å². The second-order valence-corrected chi connectivity index (χ2v) is 11.5. The van der Waals surface area contributed by atoms with Crippen LogP contribution in [0.15, 0.2) is 57.9 Å². The smallest absolute Gasteiger partial charge is 0.243 e. The minimum atomic E-state index is -3.49. The third kappa shape index (κ3) is 6.06. The summed E-state index contributed by atoms with van der Waals surface area (Å²) in [6, 6.07) is 12.3. The predicted molar refractivity (Wildman–Crippen MR) is 135 cm³/mol. The normalized spacial score (nSPS) is 18.1. The van der Waals surface area contributed by atoms with Crippen LogP contribution in [0.1, 0.15) is 38.0 Å². The van der Waals surface area contributed by atoms with Gasteiger partial charge in [-0.05, 0) is 87.3 Å². The van der Waals surface area contributed by atoms with Crippen molar-refractivity contribution in [3.63, 3.8) is 0 Å². The first-order chi connectivity index (χ1) is 17.9. The van der Waals surface area contributed by atoms with Crippen LogP contribution < -0.4 is 5.32 Å². The molecule has 0 aliphatic carbocycles. The van der Waals surface area contributed by atoms with E-state index in [1.807, 2.05) is 0 Å². The number of rotatable bonds is 7. The van der Waals surface area contributed by atoms with Gasteiger partial charge in [-0.25, -0.2) is 12.8 Å². The summed E-state index contributed by atoms with van der Waals surface area (Å²) in [4.78, 5) is 19.6. The molecule has 0 unspecified atom stereocenters. The van der Waals surface area contributed by atoms with Crippen molar-refractivity contribution in [2.24, 2.45) is 5.92 Å². The minimum absolute atomic E-state index is 0.0670. The van der Waals surface area contributed by atoms with Gasteiger partial charge in [0.1, 0.15) is 5.82 Å². The Kier molecular flexibility index (Phi) is 7.63. The molecule has 1 aromatic heterocycles. The molecule has 5 rings (SSSR count). The van der Waals surface area contributed by atoms with Crippen molar-refractivity contribution in [1.29, 1.82) is 0 Å². The van der Waals surface area contributed by atoms with Crippen LogP contribution in [0.2, 0.25) is 0 Å². The molecule has 2 aliphatic rings. The molecular formula is C26H30FN5O4S. The fourth-order valence-corrected chi connectivity index (χ4v) is 6.31. The zero-order valence-corrected chi connectivity index (χ0v) is 21.3. The van der Waals surface area contributed by atoms with Gasteiger partial charge >= 0.3 is 0 Å². The molecule has 0 saturated carbocycles. The monoisotopic (exact) mass is 527 g/mol. The Bertz CT molecular complexity index is 1310. The van der Waals surface area contributed by atoms with E-state index in [-0.39, 0.29) is 22.5 Å². The van der Waals surface area contributed by atoms with Gasteiger partial charge in [-0.2, -0.15) is 9.29 Å². The first-order valence-electron chi connectivity index (χ1n) is 12.6. The molecule has 2 aromatic carbocycles. The SMILES string of the molecule is O=C(Nc1ccc(S(=O)(=O)N2CCCCC2)cc1)C1CCN(Cc2nc(-c3ccc(F)cc3)no2)CC1. The fraction of sp³-hybridized carbons (Fsp3) is 0.423. The van der Waals surface area contributed by atoms with Gasteiger partial charge in [0.25, 0.3) is 0 Å². The lowest BCUT2D eigenvalue weighted by Gasteiger charge is -2.30. The number of likely N-dealkylation sites (tertiary alicyclic amines) is 1. The van der Waals surface area contributed by atoms with Crippen molar-refractivity contribution in [2.75, 3.05) is 31.5 Å². The van der Waals surface area contributed by atoms with E-state index in [2.05, 4.69) is 20.4 Å². The number of carbonyl (C=O) groups is 1. The summed E-state index contributed by atoms with van der Waals surface area (Å²) in [6.45, 7) is 3.01. The van der Waals surface area contributed by atoms with Crippen molar-refractivity contribution in [3.05, 3.63) is 60.2 Å². The van der Waals surface area contributed by atoms with Gasteiger partial charge < -0.3 is 9.84 Å². The summed E-state index contributed by atoms with van der Waals surface area (Å²) < 4.78 is 45.7. The summed E-state index contributed by atoms with van der Waals surface area (Å²) in [5, 5.41) is 6.91. The molecule has 0 spiro atoms. The Balaban J connectivity index is 1.11. The molecule has 37 heavy (non-hydrogen) atoms. The molecule has 0 bridgehead atoms. The highest BCUT2D eigenvalue weighted by Gasteiger charge is 2.28. The number of hydrogen-bond acceptors (Lipinski definition) is 7. The van der Waals surface area contributed by atoms with Gasteiger partial charge in [0, 0.05) is 30.3 Å². The van der Waals surface area contributed by atoms with Crippen molar-refractivity contribution >= 4 is 21.6 Å². The molecular weight excluding hydrogens is 497 g/mol. The molecule has 196 valence electrons. The Hall–Kier alpha value is -3.15. The van der Waals surface area contributed by atoms with Gasteiger partial charge in [0.05, 0.1) is 11.4 Å². The predicted octanol–water partition coefficient (Wildman–Crippen LogP) is 3.90. The number of benzene rings is 2. The zero-order valence-electron chi connectivity index (χ0n) is 20.5. The molecule has 0 radical (unpaired) electrons. The van der Waals surface area contributed by atoms with Crippen LogP contribution in [0, 0.1) is 11.7 Å². The first-order valence-corrected chi connectivity index (χ1v) is 14.0. The summed E-state index contributed by atoms with van der Waals surface area (Å²) in [5.41, 5.74) is 1.27. The summed E-state index contributed by atoms with van der Waals surface area (Å²) in [5.74, 6) is 0.367. The molecule has 9 nitrogen and oxygen atoms in total. The molecule has 0 atom stereocenters. The molecule has 11 heteroatoms. The van der Waals surface area contributed by atoms with Crippen LogP contribution >= 0.6 is 0 Å². The van der Waals surface area contributed by atoms with E-state index >= 15 is 0 Å². The Labute approximate surface area is 215 Å². The number of aromatic nitrogens is 2. The lowest BCUT2D eigenvalue weighted by molar-refractivity contribution is -0.121. The average Bonchev–Trinajstić information content (AvgIpc) is 3.39. The van der Waals surface area contributed by atoms with E-state index in [4.69, 9.17) is 4.52 Å². The van der Waals surface area contributed by atoms with E-state index in [0.29, 0.717) is 68.5 Å². The topological polar surface area (TPSA) is 109 Å². The number of carbonyl (C=O) groups excluding carboxylic acids is 1. The highest BCUT2D eigenvalue weighted by molar-refractivity contribution is 7.89. The van der Waals surface area contributed by atoms with Gasteiger partial charge in [0.2, 0.25) is 27.6 Å². The lowest BCUT2D eigenvalue weighted by Crippen LogP contribution is -2.37. The Morgan fingerprint density at radius 1 is 0.973 bits per heavy atom. The number of piperidine rings is 2. The van der Waals surface area contributed by atoms with Gasteiger partial charge in [-0.3, -0.25) is 9.69 Å². The molecule has 3 heterocycles. The van der Waals surface area contributed by atoms with Gasteiger partial charge in [-0.15, -0.1) is 0 Å². The lowest BCUT2D eigenvalue weighted by atomic mass is 9.96. The van der Waals surface area contributed by atoms with Crippen LogP contribution in [0.5, 0.6) is 0 Å². The van der Waals surface area contributed by atoms with E-state index in [1.165, 1.54) is 16.4 Å². The fourth-order valence-electron chi connectivity index (χ4n) is 4.79. The van der Waals surface area contributed by atoms with E-state index in [9.17, 15) is 17.6 Å². The quantitative estimate of drug-likeness (QED) is 0.496.